The number of hydrogen-bond donors (Lipinski definition) is 0. The molecule has 1 aromatic heterocycles. The van der Waals surface area contributed by atoms with Gasteiger partial charge in [0.15, 0.2) is 11.5 Å². The average molecular weight is 437 g/mol. The quantitative estimate of drug-likeness (QED) is 0.448. The highest BCUT2D eigenvalue weighted by Crippen LogP contribution is 2.36. The minimum absolute atomic E-state index is 0.0886. The molecule has 0 bridgehead atoms. The van der Waals surface area contributed by atoms with Crippen LogP contribution in [0.3, 0.4) is 0 Å². The first-order valence-corrected chi connectivity index (χ1v) is 10.4. The van der Waals surface area contributed by atoms with Crippen molar-refractivity contribution in [1.82, 2.24) is 19.7 Å². The highest BCUT2D eigenvalue weighted by molar-refractivity contribution is 8.26. The van der Waals surface area contributed by atoms with Gasteiger partial charge in [-0.05, 0) is 34.9 Å². The van der Waals surface area contributed by atoms with E-state index in [1.165, 1.54) is 18.1 Å². The number of hydrogen-bond acceptors (Lipinski definition) is 7. The number of fused-ring (bicyclic) bond motifs is 1. The van der Waals surface area contributed by atoms with Crippen LogP contribution < -0.4 is 9.47 Å². The second kappa shape index (κ2) is 7.92. The normalized spacial score (nSPS) is 16.7. The summed E-state index contributed by atoms with van der Waals surface area (Å²) in [5.74, 6) is 1.32. The first-order chi connectivity index (χ1) is 14.7. The molecule has 0 atom stereocenters. The second-order valence-corrected chi connectivity index (χ2v) is 8.47. The van der Waals surface area contributed by atoms with Crippen molar-refractivity contribution >= 4 is 40.3 Å². The molecule has 0 aliphatic carbocycles. The van der Waals surface area contributed by atoms with E-state index in [2.05, 4.69) is 10.1 Å². The third-order valence-electron chi connectivity index (χ3n) is 4.74. The number of rotatable bonds is 5. The van der Waals surface area contributed by atoms with Crippen molar-refractivity contribution in [2.45, 2.75) is 13.1 Å². The molecule has 150 valence electrons. The van der Waals surface area contributed by atoms with Crippen LogP contribution in [0.25, 0.3) is 6.08 Å². The maximum atomic E-state index is 12.9. The van der Waals surface area contributed by atoms with E-state index in [1.54, 1.807) is 15.9 Å². The van der Waals surface area contributed by atoms with E-state index in [4.69, 9.17) is 21.7 Å². The van der Waals surface area contributed by atoms with Crippen LogP contribution >= 0.6 is 24.0 Å². The monoisotopic (exact) mass is 436 g/mol. The summed E-state index contributed by atoms with van der Waals surface area (Å²) in [6.45, 7) is 1.27. The Morgan fingerprint density at radius 2 is 1.87 bits per heavy atom. The van der Waals surface area contributed by atoms with Crippen molar-refractivity contribution in [2.75, 3.05) is 6.79 Å². The van der Waals surface area contributed by atoms with Crippen LogP contribution in [0.5, 0.6) is 11.5 Å². The zero-order chi connectivity index (χ0) is 20.5. The van der Waals surface area contributed by atoms with E-state index in [9.17, 15) is 4.79 Å². The molecule has 30 heavy (non-hydrogen) atoms. The van der Waals surface area contributed by atoms with Crippen LogP contribution in [-0.4, -0.2) is 36.7 Å². The van der Waals surface area contributed by atoms with Gasteiger partial charge in [-0.15, -0.1) is 0 Å². The molecule has 3 aromatic rings. The summed E-state index contributed by atoms with van der Waals surface area (Å²) in [6, 6.07) is 13.7. The number of aromatic nitrogens is 3. The van der Waals surface area contributed by atoms with Crippen LogP contribution in [0.1, 0.15) is 16.7 Å². The summed E-state index contributed by atoms with van der Waals surface area (Å²) < 4.78 is 13.1. The topological polar surface area (TPSA) is 69.5 Å². The number of ether oxygens (including phenoxy) is 2. The Hall–Kier alpha value is -3.17. The fourth-order valence-electron chi connectivity index (χ4n) is 3.23. The third-order valence-corrected chi connectivity index (χ3v) is 6.12. The van der Waals surface area contributed by atoms with Crippen molar-refractivity contribution < 1.29 is 14.3 Å². The molecule has 9 heteroatoms. The van der Waals surface area contributed by atoms with E-state index >= 15 is 0 Å². The molecule has 1 amide bonds. The molecule has 7 nitrogen and oxygen atoms in total. The van der Waals surface area contributed by atoms with Crippen LogP contribution in [0.4, 0.5) is 0 Å². The predicted octanol–water partition coefficient (Wildman–Crippen LogP) is 3.46. The summed E-state index contributed by atoms with van der Waals surface area (Å²) in [7, 11) is 0. The fraction of sp³-hybridized carbons (Fsp3) is 0.143. The Kier molecular flexibility index (Phi) is 4.97. The Balaban J connectivity index is 1.29. The summed E-state index contributed by atoms with van der Waals surface area (Å²) in [5.41, 5.74) is 2.99. The maximum Gasteiger partial charge on any atom is 0.266 e. The van der Waals surface area contributed by atoms with Gasteiger partial charge in [0, 0.05) is 0 Å². The molecule has 2 aliphatic rings. The smallest absolute Gasteiger partial charge is 0.266 e. The van der Waals surface area contributed by atoms with Gasteiger partial charge < -0.3 is 9.47 Å². The van der Waals surface area contributed by atoms with Gasteiger partial charge in [0.2, 0.25) is 6.79 Å². The van der Waals surface area contributed by atoms with Crippen LogP contribution in [0, 0.1) is 0 Å². The SMILES string of the molecule is O=C1/C(=C/c2ccc(Cn3cncn3)cc2)SC(=S)N1Cc1ccc2c(c1)OCO2. The highest BCUT2D eigenvalue weighted by Gasteiger charge is 2.32. The molecule has 0 radical (unpaired) electrons. The number of carbonyl (C=O) groups is 1. The van der Waals surface area contributed by atoms with Crippen LogP contribution in [0.2, 0.25) is 0 Å². The minimum atomic E-state index is -0.0886. The minimum Gasteiger partial charge on any atom is -0.454 e. The lowest BCUT2D eigenvalue weighted by Gasteiger charge is -2.14. The highest BCUT2D eigenvalue weighted by atomic mass is 32.2. The molecule has 0 saturated carbocycles. The lowest BCUT2D eigenvalue weighted by atomic mass is 10.1. The summed E-state index contributed by atoms with van der Waals surface area (Å²) in [5, 5.41) is 4.11. The molecule has 2 aromatic carbocycles. The summed E-state index contributed by atoms with van der Waals surface area (Å²) in [6.07, 6.45) is 5.07. The zero-order valence-corrected chi connectivity index (χ0v) is 17.4. The lowest BCUT2D eigenvalue weighted by molar-refractivity contribution is -0.122. The fourth-order valence-corrected chi connectivity index (χ4v) is 4.49. The Morgan fingerprint density at radius 1 is 1.07 bits per heavy atom. The van der Waals surface area contributed by atoms with Crippen molar-refractivity contribution in [3.8, 4) is 11.5 Å². The number of thiocarbonyl (C=S) groups is 1. The maximum absolute atomic E-state index is 12.9. The van der Waals surface area contributed by atoms with E-state index < -0.39 is 0 Å². The molecular weight excluding hydrogens is 420 g/mol. The Morgan fingerprint density at radius 3 is 2.67 bits per heavy atom. The van der Waals surface area contributed by atoms with E-state index in [1.807, 2.05) is 48.5 Å². The van der Waals surface area contributed by atoms with Gasteiger partial charge in [-0.25, -0.2) is 9.67 Å². The van der Waals surface area contributed by atoms with Crippen molar-refractivity contribution in [2.24, 2.45) is 0 Å². The molecular formula is C21H16N4O3S2. The largest absolute Gasteiger partial charge is 0.454 e. The zero-order valence-electron chi connectivity index (χ0n) is 15.7. The number of nitrogens with zero attached hydrogens (tertiary/aromatic N) is 4. The molecule has 0 N–H and O–H groups in total. The molecule has 2 aliphatic heterocycles. The summed E-state index contributed by atoms with van der Waals surface area (Å²) >= 11 is 6.77. The molecule has 0 unspecified atom stereocenters. The Labute approximate surface area is 182 Å². The van der Waals surface area contributed by atoms with Crippen molar-refractivity contribution in [3.63, 3.8) is 0 Å². The van der Waals surface area contributed by atoms with E-state index in [0.29, 0.717) is 28.1 Å². The molecule has 0 spiro atoms. The van der Waals surface area contributed by atoms with Crippen LogP contribution in [0.15, 0.2) is 60.0 Å². The van der Waals surface area contributed by atoms with Gasteiger partial charge in [0.25, 0.3) is 5.91 Å². The molecule has 3 heterocycles. The predicted molar refractivity (Wildman–Crippen MR) is 117 cm³/mol. The third kappa shape index (κ3) is 3.81. The van der Waals surface area contributed by atoms with Gasteiger partial charge >= 0.3 is 0 Å². The van der Waals surface area contributed by atoms with E-state index in [-0.39, 0.29) is 12.7 Å². The van der Waals surface area contributed by atoms with Gasteiger partial charge in [-0.2, -0.15) is 5.10 Å². The first-order valence-electron chi connectivity index (χ1n) is 9.21. The number of carbonyl (C=O) groups excluding carboxylic acids is 1. The number of amides is 1. The standard InChI is InChI=1S/C21H16N4O3S2/c26-20-19(8-14-1-3-15(4-2-14)9-24-12-22-11-23-24)30-21(29)25(20)10-16-5-6-17-18(7-16)28-13-27-17/h1-8,11-12H,9-10,13H2/b19-8-. The average Bonchev–Trinajstić information content (AvgIpc) is 3.48. The molecule has 5 rings (SSSR count). The van der Waals surface area contributed by atoms with Crippen molar-refractivity contribution in [3.05, 3.63) is 76.7 Å². The second-order valence-electron chi connectivity index (χ2n) is 6.79. The van der Waals surface area contributed by atoms with E-state index in [0.717, 1.165) is 22.4 Å². The molecule has 1 fully saturated rings. The number of benzene rings is 2. The van der Waals surface area contributed by atoms with Gasteiger partial charge in [-0.3, -0.25) is 9.69 Å². The van der Waals surface area contributed by atoms with Gasteiger partial charge in [0.1, 0.15) is 17.0 Å². The number of thioether (sulfide) groups is 1. The van der Waals surface area contributed by atoms with Crippen molar-refractivity contribution in [1.29, 1.82) is 0 Å². The lowest BCUT2D eigenvalue weighted by Crippen LogP contribution is -2.27. The van der Waals surface area contributed by atoms with Gasteiger partial charge in [-0.1, -0.05) is 54.3 Å². The summed E-state index contributed by atoms with van der Waals surface area (Å²) in [4.78, 5) is 19.1. The molecule has 1 saturated heterocycles. The Bertz CT molecular complexity index is 1140. The van der Waals surface area contributed by atoms with Crippen LogP contribution in [-0.2, 0) is 17.9 Å². The first kappa shape index (κ1) is 18.8. The van der Waals surface area contributed by atoms with Gasteiger partial charge in [0.05, 0.1) is 18.0 Å².